The Hall–Kier alpha value is -2.90. The van der Waals surface area contributed by atoms with Crippen LogP contribution in [0.1, 0.15) is 83.7 Å². The van der Waals surface area contributed by atoms with Crippen LogP contribution in [0.3, 0.4) is 0 Å². The quantitative estimate of drug-likeness (QED) is 0.498. The van der Waals surface area contributed by atoms with Gasteiger partial charge in [0.15, 0.2) is 0 Å². The van der Waals surface area contributed by atoms with Crippen LogP contribution in [0.2, 0.25) is 0 Å². The first-order chi connectivity index (χ1) is 16.5. The normalized spacial score (nSPS) is 23.4. The van der Waals surface area contributed by atoms with E-state index in [9.17, 15) is 19.2 Å². The number of benzene rings is 1. The van der Waals surface area contributed by atoms with Crippen LogP contribution < -0.4 is 11.0 Å². The van der Waals surface area contributed by atoms with Crippen molar-refractivity contribution < 1.29 is 19.1 Å². The smallest absolute Gasteiger partial charge is 0.329 e. The molecule has 1 aromatic carbocycles. The molecule has 35 heavy (non-hydrogen) atoms. The van der Waals surface area contributed by atoms with Gasteiger partial charge in [-0.25, -0.2) is 4.79 Å². The first-order valence-corrected chi connectivity index (χ1v) is 12.8. The van der Waals surface area contributed by atoms with Crippen molar-refractivity contribution in [1.29, 1.82) is 0 Å². The highest BCUT2D eigenvalue weighted by molar-refractivity contribution is 6.00. The summed E-state index contributed by atoms with van der Waals surface area (Å²) in [5.74, 6) is 0.344. The summed E-state index contributed by atoms with van der Waals surface area (Å²) in [6, 6.07) is 5.39. The number of hydrogen-bond donors (Lipinski definition) is 1. The summed E-state index contributed by atoms with van der Waals surface area (Å²) in [5, 5.41) is 2.35. The second kappa shape index (κ2) is 9.99. The number of amides is 2. The topological polar surface area (TPSA) is 99.4 Å². The van der Waals surface area contributed by atoms with Gasteiger partial charge in [0.05, 0.1) is 11.0 Å². The van der Waals surface area contributed by atoms with Gasteiger partial charge in [-0.05, 0) is 82.4 Å². The van der Waals surface area contributed by atoms with E-state index in [0.717, 1.165) is 49.6 Å². The Balaban J connectivity index is 1.37. The Morgan fingerprint density at radius 3 is 2.37 bits per heavy atom. The maximum absolute atomic E-state index is 13.0. The van der Waals surface area contributed by atoms with Crippen LogP contribution in [-0.2, 0) is 32.6 Å². The molecule has 1 aliphatic heterocycles. The van der Waals surface area contributed by atoms with Gasteiger partial charge in [0.25, 0.3) is 0 Å². The molecule has 1 N–H and O–H groups in total. The highest BCUT2D eigenvalue weighted by Gasteiger charge is 2.31. The molecule has 2 fully saturated rings. The average molecular weight is 484 g/mol. The second-order valence-corrected chi connectivity index (χ2v) is 11.2. The number of ether oxygens (including phenoxy) is 1. The Labute approximate surface area is 206 Å². The number of fused-ring (bicyclic) bond motifs is 1. The number of imide groups is 1. The Morgan fingerprint density at radius 1 is 1.03 bits per heavy atom. The predicted octanol–water partition coefficient (Wildman–Crippen LogP) is 3.79. The van der Waals surface area contributed by atoms with Gasteiger partial charge < -0.3 is 4.74 Å². The van der Waals surface area contributed by atoms with E-state index in [1.165, 1.54) is 10.1 Å². The van der Waals surface area contributed by atoms with Crippen molar-refractivity contribution in [3.05, 3.63) is 34.2 Å². The molecule has 2 amide bonds. The molecule has 8 nitrogen and oxygen atoms in total. The zero-order valence-electron chi connectivity index (χ0n) is 21.3. The first kappa shape index (κ1) is 25.2. The van der Waals surface area contributed by atoms with E-state index in [1.54, 1.807) is 11.6 Å². The minimum Gasteiger partial charge on any atom is -0.460 e. The summed E-state index contributed by atoms with van der Waals surface area (Å²) in [6.07, 6.45) is 7.42. The Bertz CT molecular complexity index is 1180. The van der Waals surface area contributed by atoms with Gasteiger partial charge >= 0.3 is 11.7 Å². The summed E-state index contributed by atoms with van der Waals surface area (Å²) < 4.78 is 8.55. The summed E-state index contributed by atoms with van der Waals surface area (Å²) in [7, 11) is 1.73. The molecule has 1 saturated heterocycles. The lowest BCUT2D eigenvalue weighted by Gasteiger charge is -2.29. The summed E-state index contributed by atoms with van der Waals surface area (Å²) in [6.45, 7) is 5.69. The predicted molar refractivity (Wildman–Crippen MR) is 133 cm³/mol. The lowest BCUT2D eigenvalue weighted by molar-refractivity contribution is -0.155. The standard InChI is InChI=1S/C27H37N3O5/c1-27(2,3)35-24(32)14-10-17-5-7-18(8-6-17)15-19-9-11-20-22(16-19)29(4)26(34)30(20)21-12-13-23(31)28-25(21)33/h9,11,16-18,21H,5-8,10,12-15H2,1-4H3,(H,28,31,33). The fourth-order valence-electron chi connectivity index (χ4n) is 5.54. The van der Waals surface area contributed by atoms with E-state index in [0.29, 0.717) is 24.7 Å². The number of hydrogen-bond acceptors (Lipinski definition) is 5. The van der Waals surface area contributed by atoms with Crippen LogP contribution in [-0.4, -0.2) is 32.5 Å². The zero-order chi connectivity index (χ0) is 25.3. The van der Waals surface area contributed by atoms with E-state index in [-0.39, 0.29) is 24.0 Å². The molecule has 4 rings (SSSR count). The van der Waals surface area contributed by atoms with Gasteiger partial charge in [-0.1, -0.05) is 18.9 Å². The van der Waals surface area contributed by atoms with Gasteiger partial charge in [-0.15, -0.1) is 0 Å². The molecule has 1 aromatic heterocycles. The number of esters is 1. The van der Waals surface area contributed by atoms with Crippen LogP contribution >= 0.6 is 0 Å². The Morgan fingerprint density at radius 2 is 1.71 bits per heavy atom. The molecule has 190 valence electrons. The maximum atomic E-state index is 13.0. The molecule has 1 unspecified atom stereocenters. The van der Waals surface area contributed by atoms with Crippen LogP contribution in [0.4, 0.5) is 0 Å². The number of aryl methyl sites for hydroxylation is 1. The fraction of sp³-hybridized carbons (Fsp3) is 0.630. The van der Waals surface area contributed by atoms with Gasteiger partial charge in [0.1, 0.15) is 11.6 Å². The van der Waals surface area contributed by atoms with Gasteiger partial charge in [0.2, 0.25) is 11.8 Å². The molecule has 2 aromatic rings. The third-order valence-corrected chi connectivity index (χ3v) is 7.34. The van der Waals surface area contributed by atoms with Crippen molar-refractivity contribution in [3.63, 3.8) is 0 Å². The van der Waals surface area contributed by atoms with Crippen molar-refractivity contribution >= 4 is 28.8 Å². The number of aromatic nitrogens is 2. The van der Waals surface area contributed by atoms with Gasteiger partial charge in [-0.2, -0.15) is 0 Å². The average Bonchev–Trinajstić information content (AvgIpc) is 3.02. The van der Waals surface area contributed by atoms with E-state index in [1.807, 2.05) is 26.8 Å². The van der Waals surface area contributed by atoms with E-state index < -0.39 is 17.6 Å². The van der Waals surface area contributed by atoms with Crippen molar-refractivity contribution in [2.45, 2.75) is 90.2 Å². The van der Waals surface area contributed by atoms with Crippen LogP contribution in [0.25, 0.3) is 11.0 Å². The molecule has 8 heteroatoms. The number of piperidine rings is 1. The van der Waals surface area contributed by atoms with Crippen LogP contribution in [0, 0.1) is 11.8 Å². The summed E-state index contributed by atoms with van der Waals surface area (Å²) >= 11 is 0. The van der Waals surface area contributed by atoms with E-state index in [2.05, 4.69) is 17.4 Å². The largest absolute Gasteiger partial charge is 0.460 e. The SMILES string of the molecule is Cn1c(=O)n(C2CCC(=O)NC2=O)c2ccc(CC3CCC(CCC(=O)OC(C)(C)C)CC3)cc21. The molecule has 2 aliphatic rings. The third kappa shape index (κ3) is 5.85. The van der Waals surface area contributed by atoms with Crippen molar-refractivity contribution in [1.82, 2.24) is 14.5 Å². The molecular formula is C27H37N3O5. The number of imidazole rings is 1. The minimum atomic E-state index is -0.661. The lowest BCUT2D eigenvalue weighted by Crippen LogP contribution is -2.44. The van der Waals surface area contributed by atoms with Crippen LogP contribution in [0.5, 0.6) is 0 Å². The highest BCUT2D eigenvalue weighted by Crippen LogP contribution is 2.34. The monoisotopic (exact) mass is 483 g/mol. The van der Waals surface area contributed by atoms with Gasteiger partial charge in [-0.3, -0.25) is 28.8 Å². The fourth-order valence-corrected chi connectivity index (χ4v) is 5.54. The number of nitrogens with one attached hydrogen (secondary N) is 1. The Kier molecular flexibility index (Phi) is 7.20. The second-order valence-electron chi connectivity index (χ2n) is 11.2. The van der Waals surface area contributed by atoms with E-state index in [4.69, 9.17) is 4.74 Å². The van der Waals surface area contributed by atoms with Crippen molar-refractivity contribution in [3.8, 4) is 0 Å². The minimum absolute atomic E-state index is 0.109. The third-order valence-electron chi connectivity index (χ3n) is 7.34. The number of carbonyl (C=O) groups is 3. The number of nitrogens with zero attached hydrogens (tertiary/aromatic N) is 2. The molecule has 2 heterocycles. The molecule has 1 atom stereocenters. The lowest BCUT2D eigenvalue weighted by atomic mass is 9.77. The molecule has 0 radical (unpaired) electrons. The van der Waals surface area contributed by atoms with Crippen LogP contribution in [0.15, 0.2) is 23.0 Å². The molecule has 1 saturated carbocycles. The number of carbonyl (C=O) groups excluding carboxylic acids is 3. The van der Waals surface area contributed by atoms with Crippen molar-refractivity contribution in [2.24, 2.45) is 18.9 Å². The number of rotatable bonds is 6. The summed E-state index contributed by atoms with van der Waals surface area (Å²) in [5.41, 5.74) is 2.05. The zero-order valence-corrected chi connectivity index (χ0v) is 21.3. The molecule has 1 aliphatic carbocycles. The molecule has 0 bridgehead atoms. The molecule has 0 spiro atoms. The molecular weight excluding hydrogens is 446 g/mol. The first-order valence-electron chi connectivity index (χ1n) is 12.8. The van der Waals surface area contributed by atoms with Crippen molar-refractivity contribution in [2.75, 3.05) is 0 Å². The maximum Gasteiger partial charge on any atom is 0.329 e. The van der Waals surface area contributed by atoms with E-state index >= 15 is 0 Å². The highest BCUT2D eigenvalue weighted by atomic mass is 16.6. The summed E-state index contributed by atoms with van der Waals surface area (Å²) in [4.78, 5) is 48.9. The van der Waals surface area contributed by atoms with Gasteiger partial charge in [0, 0.05) is 19.9 Å².